The third-order valence-corrected chi connectivity index (χ3v) is 5.70. The normalized spacial score (nSPS) is 18.5. The van der Waals surface area contributed by atoms with Gasteiger partial charge in [-0.25, -0.2) is 0 Å². The number of nitrogens with zero attached hydrogens (tertiary/aromatic N) is 3. The molecule has 1 aliphatic rings. The first-order valence-corrected chi connectivity index (χ1v) is 10.3. The summed E-state index contributed by atoms with van der Waals surface area (Å²) in [5.41, 5.74) is 2.67. The Balaban J connectivity index is 0.00000392. The molecular formula is C22H40IN5. The zero-order valence-corrected chi connectivity index (χ0v) is 20.9. The van der Waals surface area contributed by atoms with Crippen LogP contribution in [-0.2, 0) is 0 Å². The van der Waals surface area contributed by atoms with Gasteiger partial charge in [0, 0.05) is 52.4 Å². The summed E-state index contributed by atoms with van der Waals surface area (Å²) in [4.78, 5) is 9.46. The predicted octanol–water partition coefficient (Wildman–Crippen LogP) is 3.15. The molecule has 0 spiro atoms. The molecule has 6 heteroatoms. The third kappa shape index (κ3) is 7.87. The van der Waals surface area contributed by atoms with E-state index in [9.17, 15) is 0 Å². The topological polar surface area (TPSA) is 42.9 Å². The summed E-state index contributed by atoms with van der Waals surface area (Å²) >= 11 is 0. The number of halogens is 1. The molecule has 2 rings (SSSR count). The van der Waals surface area contributed by atoms with Crippen molar-refractivity contribution in [2.24, 2.45) is 10.9 Å². The Morgan fingerprint density at radius 1 is 1.00 bits per heavy atom. The number of aryl methyl sites for hydroxylation is 1. The maximum atomic E-state index is 4.42. The molecule has 28 heavy (non-hydrogen) atoms. The molecule has 1 fully saturated rings. The minimum Gasteiger partial charge on any atom is -0.356 e. The first-order valence-electron chi connectivity index (χ1n) is 10.3. The number of aliphatic imine (C=N–C) groups is 1. The Morgan fingerprint density at radius 3 is 2.11 bits per heavy atom. The maximum absolute atomic E-state index is 4.42. The number of likely N-dealkylation sites (N-methyl/N-ethyl adjacent to an activating group) is 1. The zero-order chi connectivity index (χ0) is 19.8. The largest absolute Gasteiger partial charge is 0.356 e. The van der Waals surface area contributed by atoms with Crippen LogP contribution in [0, 0.1) is 12.8 Å². The van der Waals surface area contributed by atoms with E-state index in [-0.39, 0.29) is 24.0 Å². The van der Waals surface area contributed by atoms with E-state index in [2.05, 4.69) is 84.4 Å². The number of rotatable bonds is 7. The van der Waals surface area contributed by atoms with Gasteiger partial charge in [0.15, 0.2) is 5.96 Å². The second kappa shape index (κ2) is 12.6. The van der Waals surface area contributed by atoms with Crippen LogP contribution in [-0.4, -0.2) is 75.2 Å². The van der Waals surface area contributed by atoms with E-state index in [1.807, 2.05) is 7.05 Å². The number of guanidine groups is 1. The standard InChI is InChI=1S/C22H39N5.HI/c1-17(2)21(27-13-11-26(6)12-14-27)16-25-22(23-5)24-15-19(4)20-9-7-18(3)8-10-20;/h7-10,17,19,21H,11-16H2,1-6H3,(H2,23,24,25);1H. The Morgan fingerprint density at radius 2 is 1.57 bits per heavy atom. The average molecular weight is 502 g/mol. The molecule has 0 bridgehead atoms. The summed E-state index contributed by atoms with van der Waals surface area (Å²) in [6, 6.07) is 9.34. The molecule has 160 valence electrons. The van der Waals surface area contributed by atoms with Crippen LogP contribution in [0.4, 0.5) is 0 Å². The molecule has 1 saturated heterocycles. The monoisotopic (exact) mass is 501 g/mol. The van der Waals surface area contributed by atoms with E-state index in [1.165, 1.54) is 11.1 Å². The minimum atomic E-state index is 0. The highest BCUT2D eigenvalue weighted by molar-refractivity contribution is 14.0. The van der Waals surface area contributed by atoms with Crippen LogP contribution in [0.1, 0.15) is 37.8 Å². The van der Waals surface area contributed by atoms with Gasteiger partial charge < -0.3 is 15.5 Å². The van der Waals surface area contributed by atoms with E-state index in [4.69, 9.17) is 0 Å². The molecule has 1 aromatic rings. The van der Waals surface area contributed by atoms with Gasteiger partial charge in [-0.1, -0.05) is 50.6 Å². The summed E-state index contributed by atoms with van der Waals surface area (Å²) in [5.74, 6) is 1.96. The van der Waals surface area contributed by atoms with Gasteiger partial charge in [0.25, 0.3) is 0 Å². The van der Waals surface area contributed by atoms with Crippen LogP contribution < -0.4 is 10.6 Å². The molecule has 1 aromatic carbocycles. The molecule has 2 N–H and O–H groups in total. The number of piperazine rings is 1. The van der Waals surface area contributed by atoms with Gasteiger partial charge in [-0.2, -0.15) is 0 Å². The predicted molar refractivity (Wildman–Crippen MR) is 132 cm³/mol. The quantitative estimate of drug-likeness (QED) is 0.342. The second-order valence-electron chi connectivity index (χ2n) is 8.30. The molecule has 0 radical (unpaired) electrons. The molecule has 0 saturated carbocycles. The van der Waals surface area contributed by atoms with Gasteiger partial charge in [0.1, 0.15) is 0 Å². The average Bonchev–Trinajstić information content (AvgIpc) is 2.65. The third-order valence-electron chi connectivity index (χ3n) is 5.70. The van der Waals surface area contributed by atoms with Crippen molar-refractivity contribution in [3.05, 3.63) is 35.4 Å². The van der Waals surface area contributed by atoms with Gasteiger partial charge in [0.05, 0.1) is 0 Å². The summed E-state index contributed by atoms with van der Waals surface area (Å²) in [6.07, 6.45) is 0. The second-order valence-corrected chi connectivity index (χ2v) is 8.30. The highest BCUT2D eigenvalue weighted by atomic mass is 127. The molecule has 5 nitrogen and oxygen atoms in total. The van der Waals surface area contributed by atoms with Gasteiger partial charge in [-0.15, -0.1) is 24.0 Å². The Bertz CT molecular complexity index is 579. The molecule has 2 atom stereocenters. The lowest BCUT2D eigenvalue weighted by atomic mass is 10.00. The summed E-state index contributed by atoms with van der Waals surface area (Å²) in [5, 5.41) is 7.06. The minimum absolute atomic E-state index is 0. The van der Waals surface area contributed by atoms with Gasteiger partial charge in [-0.3, -0.25) is 9.89 Å². The summed E-state index contributed by atoms with van der Waals surface area (Å²) in [7, 11) is 4.06. The molecule has 1 heterocycles. The lowest BCUT2D eigenvalue weighted by Gasteiger charge is -2.40. The van der Waals surface area contributed by atoms with Crippen molar-refractivity contribution in [1.29, 1.82) is 0 Å². The van der Waals surface area contributed by atoms with Crippen molar-refractivity contribution < 1.29 is 0 Å². The van der Waals surface area contributed by atoms with Crippen LogP contribution >= 0.6 is 24.0 Å². The number of hydrogen-bond donors (Lipinski definition) is 2. The highest BCUT2D eigenvalue weighted by Gasteiger charge is 2.25. The lowest BCUT2D eigenvalue weighted by Crippen LogP contribution is -2.55. The Hall–Kier alpha value is -0.860. The van der Waals surface area contributed by atoms with Crippen LogP contribution in [0.5, 0.6) is 0 Å². The van der Waals surface area contributed by atoms with Crippen LogP contribution in [0.2, 0.25) is 0 Å². The van der Waals surface area contributed by atoms with Crippen LogP contribution in [0.25, 0.3) is 0 Å². The summed E-state index contributed by atoms with van der Waals surface area (Å²) < 4.78 is 0. The van der Waals surface area contributed by atoms with E-state index in [0.29, 0.717) is 17.9 Å². The van der Waals surface area contributed by atoms with Crippen LogP contribution in [0.3, 0.4) is 0 Å². The SMILES string of the molecule is CN=C(NCC(C)c1ccc(C)cc1)NCC(C(C)C)N1CCN(C)CC1.I. The van der Waals surface area contributed by atoms with E-state index < -0.39 is 0 Å². The van der Waals surface area contributed by atoms with Crippen molar-refractivity contribution in [1.82, 2.24) is 20.4 Å². The molecule has 0 amide bonds. The molecule has 1 aliphatic heterocycles. The van der Waals surface area contributed by atoms with Crippen molar-refractivity contribution in [3.63, 3.8) is 0 Å². The van der Waals surface area contributed by atoms with Gasteiger partial charge >= 0.3 is 0 Å². The fraction of sp³-hybridized carbons (Fsp3) is 0.682. The van der Waals surface area contributed by atoms with Gasteiger partial charge in [-0.05, 0) is 31.4 Å². The lowest BCUT2D eigenvalue weighted by molar-refractivity contribution is 0.0900. The van der Waals surface area contributed by atoms with Crippen molar-refractivity contribution in [3.8, 4) is 0 Å². The fourth-order valence-electron chi connectivity index (χ4n) is 3.62. The fourth-order valence-corrected chi connectivity index (χ4v) is 3.62. The van der Waals surface area contributed by atoms with Crippen molar-refractivity contribution >= 4 is 29.9 Å². The maximum Gasteiger partial charge on any atom is 0.191 e. The van der Waals surface area contributed by atoms with Gasteiger partial charge in [0.2, 0.25) is 0 Å². The highest BCUT2D eigenvalue weighted by Crippen LogP contribution is 2.15. The first kappa shape index (κ1) is 25.2. The Labute approximate surface area is 189 Å². The van der Waals surface area contributed by atoms with E-state index in [0.717, 1.165) is 45.2 Å². The molecule has 0 aliphatic carbocycles. The number of nitrogens with one attached hydrogen (secondary N) is 2. The smallest absolute Gasteiger partial charge is 0.191 e. The van der Waals surface area contributed by atoms with Crippen LogP contribution in [0.15, 0.2) is 29.3 Å². The Kier molecular flexibility index (Phi) is 11.4. The number of hydrogen-bond acceptors (Lipinski definition) is 3. The van der Waals surface area contributed by atoms with Crippen molar-refractivity contribution in [2.75, 3.05) is 53.4 Å². The molecule has 0 aromatic heterocycles. The summed E-state index contributed by atoms with van der Waals surface area (Å²) in [6.45, 7) is 15.4. The van der Waals surface area contributed by atoms with Crippen molar-refractivity contribution in [2.45, 2.75) is 39.7 Å². The molecule has 2 unspecified atom stereocenters. The van der Waals surface area contributed by atoms with E-state index >= 15 is 0 Å². The zero-order valence-electron chi connectivity index (χ0n) is 18.5. The first-order chi connectivity index (χ1) is 12.9. The number of benzene rings is 1. The van der Waals surface area contributed by atoms with E-state index in [1.54, 1.807) is 0 Å². The molecular weight excluding hydrogens is 461 g/mol.